The molecule has 2 heterocycles. The van der Waals surface area contributed by atoms with Gasteiger partial charge in [-0.3, -0.25) is 4.98 Å². The van der Waals surface area contributed by atoms with E-state index >= 15 is 0 Å². The molecule has 0 saturated carbocycles. The van der Waals surface area contributed by atoms with Crippen molar-refractivity contribution in [2.45, 2.75) is 26.9 Å². The van der Waals surface area contributed by atoms with E-state index < -0.39 is 0 Å². The van der Waals surface area contributed by atoms with E-state index in [1.807, 2.05) is 32.0 Å². The second-order valence-electron chi connectivity index (χ2n) is 4.97. The number of pyridine rings is 2. The third-order valence-electron chi connectivity index (χ3n) is 3.23. The summed E-state index contributed by atoms with van der Waals surface area (Å²) in [6.07, 6.45) is 3.42. The summed E-state index contributed by atoms with van der Waals surface area (Å²) in [5.41, 5.74) is 3.75. The van der Waals surface area contributed by atoms with Gasteiger partial charge in [-0.15, -0.1) is 0 Å². The van der Waals surface area contributed by atoms with E-state index in [1.54, 1.807) is 19.5 Å². The first-order valence-electron chi connectivity index (χ1n) is 7.02. The van der Waals surface area contributed by atoms with Gasteiger partial charge in [0.2, 0.25) is 5.88 Å². The first-order chi connectivity index (χ1) is 10.6. The van der Waals surface area contributed by atoms with Gasteiger partial charge in [-0.05, 0) is 37.1 Å². The van der Waals surface area contributed by atoms with Crippen LogP contribution in [-0.4, -0.2) is 23.1 Å². The van der Waals surface area contributed by atoms with E-state index in [0.29, 0.717) is 19.0 Å². The van der Waals surface area contributed by atoms with Crippen molar-refractivity contribution in [1.82, 2.24) is 20.6 Å². The molecule has 0 fully saturated rings. The summed E-state index contributed by atoms with van der Waals surface area (Å²) in [5, 5.41) is 5.60. The Morgan fingerprint density at radius 1 is 1.27 bits per heavy atom. The third-order valence-corrected chi connectivity index (χ3v) is 3.23. The van der Waals surface area contributed by atoms with E-state index in [2.05, 4.69) is 20.6 Å². The first kappa shape index (κ1) is 15.8. The fourth-order valence-electron chi connectivity index (χ4n) is 2.13. The minimum absolute atomic E-state index is 0.245. The molecule has 22 heavy (non-hydrogen) atoms. The molecule has 0 aliphatic carbocycles. The molecule has 2 aromatic heterocycles. The number of amides is 2. The van der Waals surface area contributed by atoms with E-state index in [0.717, 1.165) is 22.4 Å². The molecule has 2 aromatic rings. The molecule has 2 amide bonds. The molecule has 0 atom stereocenters. The maximum atomic E-state index is 11.9. The second kappa shape index (κ2) is 7.40. The molecule has 0 aliphatic heterocycles. The van der Waals surface area contributed by atoms with Crippen molar-refractivity contribution in [3.8, 4) is 5.88 Å². The summed E-state index contributed by atoms with van der Waals surface area (Å²) in [6.45, 7) is 4.68. The Labute approximate surface area is 129 Å². The molecular formula is C16H20N4O2. The van der Waals surface area contributed by atoms with Crippen LogP contribution in [0, 0.1) is 13.8 Å². The summed E-state index contributed by atoms with van der Waals surface area (Å²) in [4.78, 5) is 20.2. The molecule has 0 aromatic carbocycles. The maximum absolute atomic E-state index is 11.9. The van der Waals surface area contributed by atoms with Crippen molar-refractivity contribution in [2.75, 3.05) is 7.11 Å². The number of rotatable bonds is 5. The molecule has 0 saturated heterocycles. The first-order valence-corrected chi connectivity index (χ1v) is 7.02. The normalized spacial score (nSPS) is 10.1. The highest BCUT2D eigenvalue weighted by molar-refractivity contribution is 5.73. The minimum atomic E-state index is -0.245. The summed E-state index contributed by atoms with van der Waals surface area (Å²) >= 11 is 0. The topological polar surface area (TPSA) is 76.1 Å². The van der Waals surface area contributed by atoms with Crippen LogP contribution in [0.5, 0.6) is 5.88 Å². The average molecular weight is 300 g/mol. The average Bonchev–Trinajstić information content (AvgIpc) is 2.52. The molecule has 6 heteroatoms. The lowest BCUT2D eigenvalue weighted by molar-refractivity contribution is 0.240. The highest BCUT2D eigenvalue weighted by Crippen LogP contribution is 2.20. The molecular weight excluding hydrogens is 280 g/mol. The lowest BCUT2D eigenvalue weighted by Gasteiger charge is -2.13. The Morgan fingerprint density at radius 2 is 2.05 bits per heavy atom. The SMILES string of the molecule is COc1nc(C)cc(C)c1CNC(=O)NCc1cccnc1. The van der Waals surface area contributed by atoms with Gasteiger partial charge in [0.15, 0.2) is 0 Å². The number of aryl methyl sites for hydroxylation is 2. The van der Waals surface area contributed by atoms with Crippen LogP contribution in [0.2, 0.25) is 0 Å². The van der Waals surface area contributed by atoms with Crippen molar-refractivity contribution in [3.63, 3.8) is 0 Å². The summed E-state index contributed by atoms with van der Waals surface area (Å²) in [7, 11) is 1.58. The Morgan fingerprint density at radius 3 is 2.73 bits per heavy atom. The van der Waals surface area contributed by atoms with Gasteiger partial charge in [0, 0.05) is 30.2 Å². The van der Waals surface area contributed by atoms with Gasteiger partial charge in [0.1, 0.15) is 0 Å². The van der Waals surface area contributed by atoms with Gasteiger partial charge in [-0.25, -0.2) is 9.78 Å². The Balaban J connectivity index is 1.91. The predicted octanol–water partition coefficient (Wildman–Crippen LogP) is 2.10. The molecule has 0 unspecified atom stereocenters. The van der Waals surface area contributed by atoms with Gasteiger partial charge in [-0.2, -0.15) is 0 Å². The van der Waals surface area contributed by atoms with Gasteiger partial charge < -0.3 is 15.4 Å². The number of urea groups is 1. The fraction of sp³-hybridized carbons (Fsp3) is 0.312. The predicted molar refractivity (Wildman–Crippen MR) is 83.6 cm³/mol. The molecule has 0 aliphatic rings. The van der Waals surface area contributed by atoms with E-state index in [4.69, 9.17) is 4.74 Å². The Hall–Kier alpha value is -2.63. The number of hydrogen-bond acceptors (Lipinski definition) is 4. The molecule has 2 N–H and O–H groups in total. The number of hydrogen-bond donors (Lipinski definition) is 2. The van der Waals surface area contributed by atoms with Gasteiger partial charge >= 0.3 is 6.03 Å². The van der Waals surface area contributed by atoms with Crippen molar-refractivity contribution in [2.24, 2.45) is 0 Å². The van der Waals surface area contributed by atoms with E-state index in [9.17, 15) is 4.79 Å². The fourth-order valence-corrected chi connectivity index (χ4v) is 2.13. The number of methoxy groups -OCH3 is 1. The zero-order valence-corrected chi connectivity index (χ0v) is 13.0. The van der Waals surface area contributed by atoms with Gasteiger partial charge in [0.25, 0.3) is 0 Å². The van der Waals surface area contributed by atoms with Crippen LogP contribution in [-0.2, 0) is 13.1 Å². The van der Waals surface area contributed by atoms with Crippen LogP contribution in [0.1, 0.15) is 22.4 Å². The van der Waals surface area contributed by atoms with Crippen LogP contribution in [0.25, 0.3) is 0 Å². The summed E-state index contributed by atoms with van der Waals surface area (Å²) in [6, 6.07) is 5.46. The molecule has 0 spiro atoms. The lowest BCUT2D eigenvalue weighted by atomic mass is 10.1. The Bertz CT molecular complexity index is 644. The summed E-state index contributed by atoms with van der Waals surface area (Å²) < 4.78 is 5.28. The maximum Gasteiger partial charge on any atom is 0.315 e. The molecule has 116 valence electrons. The molecule has 0 bridgehead atoms. The van der Waals surface area contributed by atoms with Crippen LogP contribution in [0.3, 0.4) is 0 Å². The van der Waals surface area contributed by atoms with Gasteiger partial charge in [-0.1, -0.05) is 6.07 Å². The second-order valence-corrected chi connectivity index (χ2v) is 4.97. The van der Waals surface area contributed by atoms with Crippen molar-refractivity contribution in [3.05, 3.63) is 53.0 Å². The van der Waals surface area contributed by atoms with Crippen LogP contribution in [0.15, 0.2) is 30.6 Å². The van der Waals surface area contributed by atoms with Crippen LogP contribution >= 0.6 is 0 Å². The smallest absolute Gasteiger partial charge is 0.315 e. The largest absolute Gasteiger partial charge is 0.481 e. The third kappa shape index (κ3) is 4.18. The number of ether oxygens (including phenoxy) is 1. The van der Waals surface area contributed by atoms with Crippen molar-refractivity contribution >= 4 is 6.03 Å². The van der Waals surface area contributed by atoms with Crippen molar-refractivity contribution < 1.29 is 9.53 Å². The van der Waals surface area contributed by atoms with Gasteiger partial charge in [0.05, 0.1) is 13.7 Å². The van der Waals surface area contributed by atoms with Crippen LogP contribution in [0.4, 0.5) is 4.79 Å². The van der Waals surface area contributed by atoms with Crippen molar-refractivity contribution in [1.29, 1.82) is 0 Å². The van der Waals surface area contributed by atoms with E-state index in [1.165, 1.54) is 0 Å². The number of nitrogens with zero attached hydrogens (tertiary/aromatic N) is 2. The number of carbonyl (C=O) groups excluding carboxylic acids is 1. The standard InChI is InChI=1S/C16H20N4O2/c1-11-7-12(2)20-15(22-3)14(11)10-19-16(21)18-9-13-5-4-6-17-8-13/h4-8H,9-10H2,1-3H3,(H2,18,19,21). The summed E-state index contributed by atoms with van der Waals surface area (Å²) in [5.74, 6) is 0.546. The Kier molecular flexibility index (Phi) is 5.30. The molecule has 0 radical (unpaired) electrons. The van der Waals surface area contributed by atoms with E-state index in [-0.39, 0.29) is 6.03 Å². The highest BCUT2D eigenvalue weighted by atomic mass is 16.5. The number of nitrogens with one attached hydrogen (secondary N) is 2. The van der Waals surface area contributed by atoms with Crippen LogP contribution < -0.4 is 15.4 Å². The monoisotopic (exact) mass is 300 g/mol. The minimum Gasteiger partial charge on any atom is -0.481 e. The zero-order valence-electron chi connectivity index (χ0n) is 13.0. The lowest BCUT2D eigenvalue weighted by Crippen LogP contribution is -2.34. The quantitative estimate of drug-likeness (QED) is 0.886. The highest BCUT2D eigenvalue weighted by Gasteiger charge is 2.10. The molecule has 6 nitrogen and oxygen atoms in total. The number of carbonyl (C=O) groups is 1. The number of aromatic nitrogens is 2. The zero-order chi connectivity index (χ0) is 15.9. The molecule has 2 rings (SSSR count).